The van der Waals surface area contributed by atoms with Crippen LogP contribution in [0.2, 0.25) is 10.0 Å². The summed E-state index contributed by atoms with van der Waals surface area (Å²) in [6.45, 7) is 8.99. The number of amides is 2. The molecule has 0 aliphatic rings. The maximum Gasteiger partial charge on any atom is 0.264 e. The van der Waals surface area contributed by atoms with Gasteiger partial charge < -0.3 is 15.0 Å². The molecule has 2 amide bonds. The van der Waals surface area contributed by atoms with Gasteiger partial charge in [-0.05, 0) is 88.2 Å². The van der Waals surface area contributed by atoms with E-state index >= 15 is 0 Å². The van der Waals surface area contributed by atoms with Crippen molar-refractivity contribution in [2.24, 2.45) is 0 Å². The number of benzene rings is 3. The molecule has 42 heavy (non-hydrogen) atoms. The third kappa shape index (κ3) is 8.40. The van der Waals surface area contributed by atoms with Crippen LogP contribution in [-0.4, -0.2) is 50.4 Å². The summed E-state index contributed by atoms with van der Waals surface area (Å²) in [5, 5.41) is 3.66. The van der Waals surface area contributed by atoms with Gasteiger partial charge >= 0.3 is 0 Å². The Kier molecular flexibility index (Phi) is 11.7. The highest BCUT2D eigenvalue weighted by atomic mass is 35.5. The molecule has 0 aliphatic carbocycles. The lowest BCUT2D eigenvalue weighted by Gasteiger charge is -2.32. The maximum atomic E-state index is 14.0. The van der Waals surface area contributed by atoms with E-state index in [1.54, 1.807) is 61.5 Å². The van der Waals surface area contributed by atoms with Crippen LogP contribution in [-0.2, 0) is 26.2 Å². The molecule has 8 nitrogen and oxygen atoms in total. The molecule has 3 rings (SSSR count). The maximum absolute atomic E-state index is 14.0. The smallest absolute Gasteiger partial charge is 0.264 e. The van der Waals surface area contributed by atoms with Crippen LogP contribution in [0.5, 0.6) is 5.75 Å². The summed E-state index contributed by atoms with van der Waals surface area (Å²) in [5.74, 6) is -0.413. The zero-order valence-electron chi connectivity index (χ0n) is 24.4. The minimum absolute atomic E-state index is 0.00538. The van der Waals surface area contributed by atoms with Crippen LogP contribution in [0.25, 0.3) is 0 Å². The van der Waals surface area contributed by atoms with Crippen molar-refractivity contribution >= 4 is 50.7 Å². The summed E-state index contributed by atoms with van der Waals surface area (Å²) >= 11 is 12.5. The van der Waals surface area contributed by atoms with Gasteiger partial charge in [0.25, 0.3) is 10.0 Å². The predicted octanol–water partition coefficient (Wildman–Crippen LogP) is 6.23. The molecule has 0 radical (unpaired) electrons. The number of carbonyl (C=O) groups excluding carboxylic acids is 2. The molecule has 0 spiro atoms. The van der Waals surface area contributed by atoms with Crippen LogP contribution in [0, 0.1) is 6.92 Å². The summed E-state index contributed by atoms with van der Waals surface area (Å²) in [4.78, 5) is 28.6. The first-order valence-electron chi connectivity index (χ1n) is 13.7. The highest BCUT2D eigenvalue weighted by Gasteiger charge is 2.33. The Bertz CT molecular complexity index is 1480. The van der Waals surface area contributed by atoms with Crippen LogP contribution in [0.4, 0.5) is 5.69 Å². The van der Waals surface area contributed by atoms with Gasteiger partial charge in [-0.3, -0.25) is 13.9 Å². The molecule has 1 N–H and O–H groups in total. The van der Waals surface area contributed by atoms with E-state index in [4.69, 9.17) is 27.9 Å². The van der Waals surface area contributed by atoms with E-state index in [2.05, 4.69) is 5.32 Å². The molecule has 0 aromatic heterocycles. The molecule has 0 bridgehead atoms. The summed E-state index contributed by atoms with van der Waals surface area (Å²) in [6.07, 6.45) is 0.705. The zero-order valence-corrected chi connectivity index (χ0v) is 26.8. The summed E-state index contributed by atoms with van der Waals surface area (Å²) in [6, 6.07) is 16.7. The van der Waals surface area contributed by atoms with Gasteiger partial charge in [-0.15, -0.1) is 0 Å². The van der Waals surface area contributed by atoms with Crippen LogP contribution in [0.1, 0.15) is 45.2 Å². The Labute approximate surface area is 258 Å². The van der Waals surface area contributed by atoms with Crippen molar-refractivity contribution in [2.75, 3.05) is 17.5 Å². The molecule has 0 heterocycles. The molecular formula is C31H37Cl2N3O5S. The van der Waals surface area contributed by atoms with E-state index in [-0.39, 0.29) is 23.4 Å². The molecule has 3 aromatic rings. The fraction of sp³-hybridized carbons (Fsp3) is 0.355. The SMILES string of the molecule is CCOc1ccc(S(=O)(=O)N(CC(=O)N(Cc2ccc(Cl)cc2Cl)[C@@H](C)C(=O)N[C@@H](C)CC)c2ccc(C)cc2)cc1. The first-order chi connectivity index (χ1) is 19.9. The third-order valence-electron chi connectivity index (χ3n) is 6.85. The van der Waals surface area contributed by atoms with Crippen molar-refractivity contribution in [1.82, 2.24) is 10.2 Å². The van der Waals surface area contributed by atoms with E-state index in [1.807, 2.05) is 27.7 Å². The normalized spacial score (nSPS) is 12.7. The Morgan fingerprint density at radius 2 is 1.60 bits per heavy atom. The number of sulfonamides is 1. The van der Waals surface area contributed by atoms with Gasteiger partial charge in [0.1, 0.15) is 18.3 Å². The lowest BCUT2D eigenvalue weighted by atomic mass is 10.1. The number of hydrogen-bond acceptors (Lipinski definition) is 5. The summed E-state index contributed by atoms with van der Waals surface area (Å²) in [5.41, 5.74) is 1.80. The number of halogens is 2. The lowest BCUT2D eigenvalue weighted by molar-refractivity contribution is -0.139. The Balaban J connectivity index is 2.04. The number of anilines is 1. The number of hydrogen-bond donors (Lipinski definition) is 1. The van der Waals surface area contributed by atoms with Gasteiger partial charge in [-0.1, -0.05) is 53.9 Å². The van der Waals surface area contributed by atoms with E-state index < -0.39 is 28.5 Å². The Morgan fingerprint density at radius 3 is 2.17 bits per heavy atom. The third-order valence-corrected chi connectivity index (χ3v) is 9.22. The number of carbonyl (C=O) groups is 2. The Morgan fingerprint density at radius 1 is 0.952 bits per heavy atom. The standard InChI is InChI=1S/C31H37Cl2N3O5S/c1-6-22(4)34-31(38)23(5)35(19-24-10-11-25(32)18-29(24)33)30(37)20-36(26-12-8-21(3)9-13-26)42(39,40)28-16-14-27(15-17-28)41-7-2/h8-18,22-23H,6-7,19-20H2,1-5H3,(H,34,38)/t22-,23-/m0/s1. The highest BCUT2D eigenvalue weighted by Crippen LogP contribution is 2.27. The van der Waals surface area contributed by atoms with Gasteiger partial charge in [0, 0.05) is 22.6 Å². The molecule has 2 atom stereocenters. The largest absolute Gasteiger partial charge is 0.494 e. The average molecular weight is 635 g/mol. The van der Waals surface area contributed by atoms with Crippen molar-refractivity contribution in [1.29, 1.82) is 0 Å². The van der Waals surface area contributed by atoms with Gasteiger partial charge in [-0.25, -0.2) is 8.42 Å². The van der Waals surface area contributed by atoms with E-state index in [9.17, 15) is 18.0 Å². The summed E-state index contributed by atoms with van der Waals surface area (Å²) in [7, 11) is -4.20. The minimum Gasteiger partial charge on any atom is -0.494 e. The molecule has 0 saturated carbocycles. The van der Waals surface area contributed by atoms with Crippen molar-refractivity contribution in [3.05, 3.63) is 87.9 Å². The average Bonchev–Trinajstić information content (AvgIpc) is 2.96. The molecule has 0 saturated heterocycles. The minimum atomic E-state index is -4.20. The fourth-order valence-electron chi connectivity index (χ4n) is 4.12. The molecule has 11 heteroatoms. The second-order valence-corrected chi connectivity index (χ2v) is 12.7. The number of rotatable bonds is 13. The van der Waals surface area contributed by atoms with Crippen molar-refractivity contribution in [3.8, 4) is 5.75 Å². The van der Waals surface area contributed by atoms with Gasteiger partial charge in [0.2, 0.25) is 11.8 Å². The van der Waals surface area contributed by atoms with Crippen LogP contribution >= 0.6 is 23.2 Å². The number of nitrogens with one attached hydrogen (secondary N) is 1. The summed E-state index contributed by atoms with van der Waals surface area (Å²) < 4.78 is 34.5. The van der Waals surface area contributed by atoms with Crippen molar-refractivity contribution in [3.63, 3.8) is 0 Å². The number of aryl methyl sites for hydroxylation is 1. The van der Waals surface area contributed by atoms with Crippen LogP contribution in [0.15, 0.2) is 71.6 Å². The molecular weight excluding hydrogens is 597 g/mol. The molecule has 3 aromatic carbocycles. The Hall–Kier alpha value is -3.27. The van der Waals surface area contributed by atoms with Crippen molar-refractivity contribution < 1.29 is 22.7 Å². The quantitative estimate of drug-likeness (QED) is 0.241. The first-order valence-corrected chi connectivity index (χ1v) is 15.9. The molecule has 226 valence electrons. The molecule has 0 fully saturated rings. The van der Waals surface area contributed by atoms with E-state index in [0.29, 0.717) is 40.1 Å². The lowest BCUT2D eigenvalue weighted by Crippen LogP contribution is -2.52. The zero-order chi connectivity index (χ0) is 31.0. The van der Waals surface area contributed by atoms with Gasteiger partial charge in [0.15, 0.2) is 0 Å². The van der Waals surface area contributed by atoms with E-state index in [1.165, 1.54) is 17.0 Å². The van der Waals surface area contributed by atoms with Crippen LogP contribution in [0.3, 0.4) is 0 Å². The molecule has 0 aliphatic heterocycles. The highest BCUT2D eigenvalue weighted by molar-refractivity contribution is 7.92. The van der Waals surface area contributed by atoms with Crippen molar-refractivity contribution in [2.45, 2.75) is 64.6 Å². The number of nitrogens with zero attached hydrogens (tertiary/aromatic N) is 2. The fourth-order valence-corrected chi connectivity index (χ4v) is 6.01. The number of ether oxygens (including phenoxy) is 1. The van der Waals surface area contributed by atoms with E-state index in [0.717, 1.165) is 9.87 Å². The van der Waals surface area contributed by atoms with Gasteiger partial charge in [-0.2, -0.15) is 0 Å². The monoisotopic (exact) mass is 633 g/mol. The van der Waals surface area contributed by atoms with Crippen LogP contribution < -0.4 is 14.4 Å². The topological polar surface area (TPSA) is 96.0 Å². The molecule has 0 unspecified atom stereocenters. The second kappa shape index (κ2) is 14.8. The second-order valence-electron chi connectivity index (χ2n) is 10.0. The predicted molar refractivity (Wildman–Crippen MR) is 168 cm³/mol. The first kappa shape index (κ1) is 33.2. The van der Waals surface area contributed by atoms with Gasteiger partial charge in [0.05, 0.1) is 17.2 Å².